The number of sulfonamides is 1. The van der Waals surface area contributed by atoms with Crippen molar-refractivity contribution in [2.24, 2.45) is 0 Å². The Morgan fingerprint density at radius 2 is 1.60 bits per heavy atom. The van der Waals surface area contributed by atoms with Crippen LogP contribution in [-0.2, 0) is 27.8 Å². The maximum Gasteiger partial charge on any atom is 0.208 e. The fourth-order valence-electron chi connectivity index (χ4n) is 3.61. The topological polar surface area (TPSA) is 61.9 Å². The zero-order valence-corrected chi connectivity index (χ0v) is 15.8. The molecule has 0 unspecified atom stereocenters. The second-order valence-electron chi connectivity index (χ2n) is 7.15. The van der Waals surface area contributed by atoms with E-state index in [2.05, 4.69) is 38.8 Å². The largest absolute Gasteiger partial charge is 0.379 e. The lowest BCUT2D eigenvalue weighted by Crippen LogP contribution is -2.43. The molecule has 3 rings (SSSR count). The van der Waals surface area contributed by atoms with Crippen LogP contribution in [0.15, 0.2) is 24.3 Å². The molecule has 0 amide bonds. The fraction of sp³-hybridized carbons (Fsp3) is 0.667. The number of hydrogen-bond donors (Lipinski definition) is 1. The normalized spacial score (nSPS) is 21.5. The molecule has 6 nitrogen and oxygen atoms in total. The predicted octanol–water partition coefficient (Wildman–Crippen LogP) is 1.03. The van der Waals surface area contributed by atoms with E-state index in [1.54, 1.807) is 0 Å². The summed E-state index contributed by atoms with van der Waals surface area (Å²) in [4.78, 5) is 4.85. The average molecular weight is 368 g/mol. The van der Waals surface area contributed by atoms with Crippen LogP contribution in [0.25, 0.3) is 0 Å². The summed E-state index contributed by atoms with van der Waals surface area (Å²) < 4.78 is 30.8. The van der Waals surface area contributed by atoms with Crippen molar-refractivity contribution in [2.45, 2.75) is 32.0 Å². The Morgan fingerprint density at radius 1 is 1.04 bits per heavy atom. The SMILES string of the molecule is CS(=O)(=O)NC1CCN(Cc2cccc(CN3CCOCC3)c2)CC1. The summed E-state index contributed by atoms with van der Waals surface area (Å²) in [6.45, 7) is 7.45. The average Bonchev–Trinajstić information content (AvgIpc) is 2.57. The van der Waals surface area contributed by atoms with E-state index in [-0.39, 0.29) is 6.04 Å². The number of piperidine rings is 1. The van der Waals surface area contributed by atoms with Crippen molar-refractivity contribution in [2.75, 3.05) is 45.6 Å². The molecule has 7 heteroatoms. The lowest BCUT2D eigenvalue weighted by Gasteiger charge is -2.32. The highest BCUT2D eigenvalue weighted by atomic mass is 32.2. The number of morpholine rings is 1. The van der Waals surface area contributed by atoms with Gasteiger partial charge in [0.15, 0.2) is 0 Å². The summed E-state index contributed by atoms with van der Waals surface area (Å²) in [5.74, 6) is 0. The molecule has 2 saturated heterocycles. The van der Waals surface area contributed by atoms with Gasteiger partial charge in [0.1, 0.15) is 0 Å². The van der Waals surface area contributed by atoms with Crippen LogP contribution in [0, 0.1) is 0 Å². The van der Waals surface area contributed by atoms with E-state index in [1.165, 1.54) is 17.4 Å². The van der Waals surface area contributed by atoms with E-state index >= 15 is 0 Å². The molecule has 0 spiro atoms. The quantitative estimate of drug-likeness (QED) is 0.814. The van der Waals surface area contributed by atoms with Crippen LogP contribution in [0.1, 0.15) is 24.0 Å². The molecule has 2 aliphatic rings. The maximum absolute atomic E-state index is 11.3. The molecule has 0 radical (unpaired) electrons. The molecule has 140 valence electrons. The van der Waals surface area contributed by atoms with E-state index in [0.717, 1.165) is 65.3 Å². The molecule has 0 aromatic heterocycles. The molecule has 0 saturated carbocycles. The first kappa shape index (κ1) is 18.8. The number of rotatable bonds is 6. The van der Waals surface area contributed by atoms with E-state index < -0.39 is 10.0 Å². The van der Waals surface area contributed by atoms with Crippen molar-refractivity contribution in [3.8, 4) is 0 Å². The van der Waals surface area contributed by atoms with Gasteiger partial charge in [-0.25, -0.2) is 13.1 Å². The second kappa shape index (κ2) is 8.60. The molecule has 1 N–H and O–H groups in total. The van der Waals surface area contributed by atoms with Gasteiger partial charge in [-0.15, -0.1) is 0 Å². The van der Waals surface area contributed by atoms with Gasteiger partial charge in [-0.2, -0.15) is 0 Å². The Balaban J connectivity index is 1.49. The maximum atomic E-state index is 11.3. The molecule has 2 heterocycles. The molecule has 1 aromatic carbocycles. The van der Waals surface area contributed by atoms with Crippen LogP contribution in [-0.4, -0.2) is 69.9 Å². The van der Waals surface area contributed by atoms with Gasteiger partial charge in [0.2, 0.25) is 10.0 Å². The first-order valence-corrected chi connectivity index (χ1v) is 10.9. The van der Waals surface area contributed by atoms with Crippen LogP contribution in [0.2, 0.25) is 0 Å². The van der Waals surface area contributed by atoms with Gasteiger partial charge in [-0.1, -0.05) is 24.3 Å². The molecule has 0 atom stereocenters. The smallest absolute Gasteiger partial charge is 0.208 e. The third kappa shape index (κ3) is 6.34. The zero-order chi connectivity index (χ0) is 17.7. The van der Waals surface area contributed by atoms with Gasteiger partial charge in [-0.05, 0) is 24.0 Å². The van der Waals surface area contributed by atoms with Crippen molar-refractivity contribution >= 4 is 10.0 Å². The number of likely N-dealkylation sites (tertiary alicyclic amines) is 1. The van der Waals surface area contributed by atoms with E-state index in [1.807, 2.05) is 0 Å². The minimum absolute atomic E-state index is 0.0823. The fourth-order valence-corrected chi connectivity index (χ4v) is 4.45. The third-order valence-electron chi connectivity index (χ3n) is 4.88. The minimum atomic E-state index is -3.10. The second-order valence-corrected chi connectivity index (χ2v) is 8.93. The van der Waals surface area contributed by atoms with Crippen molar-refractivity contribution in [1.82, 2.24) is 14.5 Å². The van der Waals surface area contributed by atoms with Gasteiger partial charge in [-0.3, -0.25) is 9.80 Å². The lowest BCUT2D eigenvalue weighted by atomic mass is 10.0. The van der Waals surface area contributed by atoms with Crippen LogP contribution in [0.3, 0.4) is 0 Å². The van der Waals surface area contributed by atoms with Gasteiger partial charge < -0.3 is 4.74 Å². The number of nitrogens with zero attached hydrogens (tertiary/aromatic N) is 2. The molecule has 2 aliphatic heterocycles. The van der Waals surface area contributed by atoms with Crippen molar-refractivity contribution in [3.63, 3.8) is 0 Å². The van der Waals surface area contributed by atoms with Gasteiger partial charge in [0, 0.05) is 45.3 Å². The van der Waals surface area contributed by atoms with E-state index in [9.17, 15) is 8.42 Å². The lowest BCUT2D eigenvalue weighted by molar-refractivity contribution is 0.0342. The predicted molar refractivity (Wildman–Crippen MR) is 98.8 cm³/mol. The Kier molecular flexibility index (Phi) is 6.46. The summed E-state index contributed by atoms with van der Waals surface area (Å²) in [5, 5.41) is 0. The highest BCUT2D eigenvalue weighted by Gasteiger charge is 2.21. The van der Waals surface area contributed by atoms with Crippen LogP contribution in [0.4, 0.5) is 0 Å². The minimum Gasteiger partial charge on any atom is -0.379 e. The van der Waals surface area contributed by atoms with Crippen LogP contribution in [0.5, 0.6) is 0 Å². The summed E-state index contributed by atoms with van der Waals surface area (Å²) >= 11 is 0. The van der Waals surface area contributed by atoms with Crippen LogP contribution >= 0.6 is 0 Å². The Labute approximate surface area is 151 Å². The Hall–Kier alpha value is -0.990. The molecule has 2 fully saturated rings. The molecule has 0 aliphatic carbocycles. The van der Waals surface area contributed by atoms with Gasteiger partial charge in [0.25, 0.3) is 0 Å². The number of ether oxygens (including phenoxy) is 1. The monoisotopic (exact) mass is 367 g/mol. The molecular formula is C18H29N3O3S. The van der Waals surface area contributed by atoms with Gasteiger partial charge in [0.05, 0.1) is 19.5 Å². The molecular weight excluding hydrogens is 338 g/mol. The van der Waals surface area contributed by atoms with E-state index in [4.69, 9.17) is 4.74 Å². The van der Waals surface area contributed by atoms with Crippen molar-refractivity contribution < 1.29 is 13.2 Å². The van der Waals surface area contributed by atoms with Crippen LogP contribution < -0.4 is 4.72 Å². The third-order valence-corrected chi connectivity index (χ3v) is 5.64. The Morgan fingerprint density at radius 3 is 2.16 bits per heavy atom. The first-order valence-electron chi connectivity index (χ1n) is 9.05. The summed E-state index contributed by atoms with van der Waals surface area (Å²) in [6, 6.07) is 8.91. The van der Waals surface area contributed by atoms with Gasteiger partial charge >= 0.3 is 0 Å². The first-order chi connectivity index (χ1) is 12.0. The molecule has 25 heavy (non-hydrogen) atoms. The zero-order valence-electron chi connectivity index (χ0n) is 15.0. The van der Waals surface area contributed by atoms with E-state index in [0.29, 0.717) is 0 Å². The highest BCUT2D eigenvalue weighted by molar-refractivity contribution is 7.88. The number of benzene rings is 1. The number of nitrogens with one attached hydrogen (secondary N) is 1. The number of hydrogen-bond acceptors (Lipinski definition) is 5. The standard InChI is InChI=1S/C18H29N3O3S/c1-25(22,23)19-18-5-7-20(8-6-18)14-16-3-2-4-17(13-16)15-21-9-11-24-12-10-21/h2-4,13,18-19H,5-12,14-15H2,1H3. The van der Waals surface area contributed by atoms with Crippen molar-refractivity contribution in [1.29, 1.82) is 0 Å². The molecule has 1 aromatic rings. The Bertz CT molecular complexity index is 651. The summed E-state index contributed by atoms with van der Waals surface area (Å²) in [7, 11) is -3.10. The highest BCUT2D eigenvalue weighted by Crippen LogP contribution is 2.16. The summed E-state index contributed by atoms with van der Waals surface area (Å²) in [5.41, 5.74) is 2.69. The van der Waals surface area contributed by atoms with Crippen molar-refractivity contribution in [3.05, 3.63) is 35.4 Å². The molecule has 0 bridgehead atoms. The summed E-state index contributed by atoms with van der Waals surface area (Å²) in [6.07, 6.45) is 2.99.